The van der Waals surface area contributed by atoms with Crippen LogP contribution < -0.4 is 5.32 Å². The van der Waals surface area contributed by atoms with Gasteiger partial charge < -0.3 is 10.1 Å². The second-order valence-corrected chi connectivity index (χ2v) is 4.46. The van der Waals surface area contributed by atoms with Crippen molar-refractivity contribution in [1.29, 1.82) is 0 Å². The number of methoxy groups -OCH3 is 1. The molecule has 0 spiro atoms. The summed E-state index contributed by atoms with van der Waals surface area (Å²) in [6, 6.07) is 0.418. The molecule has 0 saturated heterocycles. The second kappa shape index (κ2) is 7.45. The van der Waals surface area contributed by atoms with Crippen LogP contribution in [0.25, 0.3) is 0 Å². The van der Waals surface area contributed by atoms with Crippen LogP contribution in [0.4, 0.5) is 0 Å². The number of rotatable bonds is 8. The van der Waals surface area contributed by atoms with Gasteiger partial charge in [0.05, 0.1) is 18.8 Å². The van der Waals surface area contributed by atoms with Gasteiger partial charge in [0.25, 0.3) is 0 Å². The molecule has 1 N–H and O–H groups in total. The summed E-state index contributed by atoms with van der Waals surface area (Å²) in [6.45, 7) is 8.29. The maximum absolute atomic E-state index is 5.24. The van der Waals surface area contributed by atoms with E-state index in [1.54, 1.807) is 7.11 Å². The summed E-state index contributed by atoms with van der Waals surface area (Å²) in [4.78, 5) is 0. The quantitative estimate of drug-likeness (QED) is 0.757. The SMILES string of the molecule is CCCNC(CC)c1cnn(CC(C)OC)c1. The zero-order valence-corrected chi connectivity index (χ0v) is 11.4. The molecule has 0 saturated carbocycles. The Bertz CT molecular complexity index is 311. The van der Waals surface area contributed by atoms with E-state index in [1.165, 1.54) is 5.56 Å². The molecule has 0 aliphatic rings. The van der Waals surface area contributed by atoms with Gasteiger partial charge in [-0.15, -0.1) is 0 Å². The first-order valence-corrected chi connectivity index (χ1v) is 6.49. The number of aromatic nitrogens is 2. The van der Waals surface area contributed by atoms with Crippen molar-refractivity contribution < 1.29 is 4.74 Å². The monoisotopic (exact) mass is 239 g/mol. The molecule has 2 unspecified atom stereocenters. The fourth-order valence-corrected chi connectivity index (χ4v) is 1.81. The fourth-order valence-electron chi connectivity index (χ4n) is 1.81. The van der Waals surface area contributed by atoms with E-state index in [2.05, 4.69) is 30.5 Å². The van der Waals surface area contributed by atoms with Crippen molar-refractivity contribution in [1.82, 2.24) is 15.1 Å². The molecule has 2 atom stereocenters. The van der Waals surface area contributed by atoms with Crippen LogP contribution in [0.3, 0.4) is 0 Å². The van der Waals surface area contributed by atoms with Crippen LogP contribution in [-0.4, -0.2) is 29.5 Å². The summed E-state index contributed by atoms with van der Waals surface area (Å²) in [5.41, 5.74) is 1.27. The molecule has 0 aromatic carbocycles. The Kier molecular flexibility index (Phi) is 6.22. The van der Waals surface area contributed by atoms with E-state index in [0.29, 0.717) is 6.04 Å². The number of hydrogen-bond acceptors (Lipinski definition) is 3. The highest BCUT2D eigenvalue weighted by atomic mass is 16.5. The third-order valence-electron chi connectivity index (χ3n) is 2.95. The Morgan fingerprint density at radius 3 is 2.82 bits per heavy atom. The van der Waals surface area contributed by atoms with Crippen LogP contribution in [0.2, 0.25) is 0 Å². The van der Waals surface area contributed by atoms with E-state index in [4.69, 9.17) is 4.74 Å². The van der Waals surface area contributed by atoms with E-state index in [1.807, 2.05) is 17.8 Å². The Balaban J connectivity index is 2.58. The smallest absolute Gasteiger partial charge is 0.0739 e. The number of hydrogen-bond donors (Lipinski definition) is 1. The van der Waals surface area contributed by atoms with Gasteiger partial charge in [-0.05, 0) is 26.3 Å². The molecular weight excluding hydrogens is 214 g/mol. The molecule has 1 rings (SSSR count). The molecule has 4 nitrogen and oxygen atoms in total. The predicted molar refractivity (Wildman–Crippen MR) is 70.0 cm³/mol. The minimum Gasteiger partial charge on any atom is -0.380 e. The van der Waals surface area contributed by atoms with E-state index >= 15 is 0 Å². The van der Waals surface area contributed by atoms with Crippen molar-refractivity contribution in [3.05, 3.63) is 18.0 Å². The van der Waals surface area contributed by atoms with E-state index in [9.17, 15) is 0 Å². The Morgan fingerprint density at radius 1 is 1.47 bits per heavy atom. The van der Waals surface area contributed by atoms with Gasteiger partial charge in [-0.25, -0.2) is 0 Å². The minimum absolute atomic E-state index is 0.200. The number of ether oxygens (including phenoxy) is 1. The van der Waals surface area contributed by atoms with E-state index < -0.39 is 0 Å². The van der Waals surface area contributed by atoms with Gasteiger partial charge in [0.2, 0.25) is 0 Å². The number of nitrogens with zero attached hydrogens (tertiary/aromatic N) is 2. The highest BCUT2D eigenvalue weighted by Crippen LogP contribution is 2.15. The standard InChI is InChI=1S/C13H25N3O/c1-5-7-14-13(6-2)12-8-15-16(10-12)9-11(3)17-4/h8,10-11,13-14H,5-7,9H2,1-4H3. The van der Waals surface area contributed by atoms with Crippen LogP contribution in [0.5, 0.6) is 0 Å². The topological polar surface area (TPSA) is 39.1 Å². The first-order valence-electron chi connectivity index (χ1n) is 6.49. The van der Waals surface area contributed by atoms with Crippen molar-refractivity contribution in [3.63, 3.8) is 0 Å². The summed E-state index contributed by atoms with van der Waals surface area (Å²) in [6.07, 6.45) is 6.52. The zero-order valence-electron chi connectivity index (χ0n) is 11.4. The molecule has 1 heterocycles. The highest BCUT2D eigenvalue weighted by molar-refractivity contribution is 5.10. The van der Waals surface area contributed by atoms with Crippen molar-refractivity contribution in [2.45, 2.75) is 52.3 Å². The molecule has 0 bridgehead atoms. The maximum Gasteiger partial charge on any atom is 0.0739 e. The Morgan fingerprint density at radius 2 is 2.24 bits per heavy atom. The van der Waals surface area contributed by atoms with Crippen molar-refractivity contribution in [2.75, 3.05) is 13.7 Å². The molecule has 0 aliphatic heterocycles. The molecule has 0 amide bonds. The lowest BCUT2D eigenvalue weighted by atomic mass is 10.1. The first kappa shape index (κ1) is 14.2. The lowest BCUT2D eigenvalue weighted by Crippen LogP contribution is -2.21. The van der Waals surface area contributed by atoms with Gasteiger partial charge in [-0.2, -0.15) is 5.10 Å². The Hall–Kier alpha value is -0.870. The van der Waals surface area contributed by atoms with Crippen LogP contribution in [0.15, 0.2) is 12.4 Å². The van der Waals surface area contributed by atoms with Gasteiger partial charge in [-0.1, -0.05) is 13.8 Å². The molecule has 4 heteroatoms. The van der Waals surface area contributed by atoms with Gasteiger partial charge in [0.1, 0.15) is 0 Å². The fraction of sp³-hybridized carbons (Fsp3) is 0.769. The zero-order chi connectivity index (χ0) is 12.7. The lowest BCUT2D eigenvalue weighted by molar-refractivity contribution is 0.0998. The van der Waals surface area contributed by atoms with Crippen LogP contribution in [0, 0.1) is 0 Å². The summed E-state index contributed by atoms with van der Waals surface area (Å²) in [7, 11) is 1.73. The molecular formula is C13H25N3O. The van der Waals surface area contributed by atoms with Gasteiger partial charge >= 0.3 is 0 Å². The van der Waals surface area contributed by atoms with Crippen LogP contribution in [-0.2, 0) is 11.3 Å². The molecule has 0 fully saturated rings. The van der Waals surface area contributed by atoms with Gasteiger partial charge in [0, 0.05) is 24.9 Å². The van der Waals surface area contributed by atoms with E-state index in [-0.39, 0.29) is 6.10 Å². The van der Waals surface area contributed by atoms with Gasteiger partial charge in [0.15, 0.2) is 0 Å². The van der Waals surface area contributed by atoms with Crippen molar-refractivity contribution >= 4 is 0 Å². The number of nitrogens with one attached hydrogen (secondary N) is 1. The van der Waals surface area contributed by atoms with Crippen molar-refractivity contribution in [2.24, 2.45) is 0 Å². The molecule has 17 heavy (non-hydrogen) atoms. The lowest BCUT2D eigenvalue weighted by Gasteiger charge is -2.14. The summed E-state index contributed by atoms with van der Waals surface area (Å²) in [5.74, 6) is 0. The third-order valence-corrected chi connectivity index (χ3v) is 2.95. The summed E-state index contributed by atoms with van der Waals surface area (Å²) < 4.78 is 7.20. The molecule has 0 aliphatic carbocycles. The molecule has 98 valence electrons. The second-order valence-electron chi connectivity index (χ2n) is 4.46. The maximum atomic E-state index is 5.24. The van der Waals surface area contributed by atoms with Gasteiger partial charge in [-0.3, -0.25) is 4.68 Å². The summed E-state index contributed by atoms with van der Waals surface area (Å²) in [5, 5.41) is 7.91. The predicted octanol–water partition coefficient (Wildman–Crippen LogP) is 2.37. The Labute approximate surface area is 104 Å². The molecule has 1 aromatic heterocycles. The third kappa shape index (κ3) is 4.48. The average molecular weight is 239 g/mol. The largest absolute Gasteiger partial charge is 0.380 e. The van der Waals surface area contributed by atoms with Crippen LogP contribution >= 0.6 is 0 Å². The normalized spacial score (nSPS) is 14.8. The van der Waals surface area contributed by atoms with Crippen LogP contribution in [0.1, 0.15) is 45.2 Å². The minimum atomic E-state index is 0.200. The highest BCUT2D eigenvalue weighted by Gasteiger charge is 2.11. The van der Waals surface area contributed by atoms with E-state index in [0.717, 1.165) is 25.9 Å². The summed E-state index contributed by atoms with van der Waals surface area (Å²) >= 11 is 0. The molecule has 1 aromatic rings. The first-order chi connectivity index (χ1) is 8.21. The molecule has 0 radical (unpaired) electrons. The average Bonchev–Trinajstić information content (AvgIpc) is 2.78. The van der Waals surface area contributed by atoms with Crippen molar-refractivity contribution in [3.8, 4) is 0 Å².